The van der Waals surface area contributed by atoms with Gasteiger partial charge in [0.15, 0.2) is 0 Å². The van der Waals surface area contributed by atoms with Crippen molar-refractivity contribution in [2.24, 2.45) is 0 Å². The van der Waals surface area contributed by atoms with E-state index in [1.807, 2.05) is 0 Å². The standard InChI is InChI=1S/C11H22N2/c1-3-12-8-10(2)13-7-5-4-6-11(13)9-12/h10-11H,3-9H2,1-2H3. The van der Waals surface area contributed by atoms with Crippen molar-refractivity contribution in [2.75, 3.05) is 26.2 Å². The van der Waals surface area contributed by atoms with Gasteiger partial charge in [-0.3, -0.25) is 4.90 Å². The summed E-state index contributed by atoms with van der Waals surface area (Å²) in [4.78, 5) is 5.34. The first-order chi connectivity index (χ1) is 6.31. The second-order valence-corrected chi connectivity index (χ2v) is 4.59. The third-order valence-corrected chi connectivity index (χ3v) is 3.68. The highest BCUT2D eigenvalue weighted by Crippen LogP contribution is 2.24. The molecule has 2 atom stereocenters. The molecule has 2 unspecified atom stereocenters. The van der Waals surface area contributed by atoms with Crippen molar-refractivity contribution in [1.82, 2.24) is 9.80 Å². The number of nitrogens with zero attached hydrogens (tertiary/aromatic N) is 2. The van der Waals surface area contributed by atoms with Crippen LogP contribution in [0.25, 0.3) is 0 Å². The Morgan fingerprint density at radius 2 is 2.08 bits per heavy atom. The SMILES string of the molecule is CCN1CC(C)N2CCCCC2C1. The van der Waals surface area contributed by atoms with Gasteiger partial charge in [0, 0.05) is 25.2 Å². The summed E-state index contributed by atoms with van der Waals surface area (Å²) in [5, 5.41) is 0. The van der Waals surface area contributed by atoms with Crippen molar-refractivity contribution < 1.29 is 0 Å². The second-order valence-electron chi connectivity index (χ2n) is 4.59. The van der Waals surface area contributed by atoms with Crippen LogP contribution in [0, 0.1) is 0 Å². The molecule has 2 heteroatoms. The first-order valence-electron chi connectivity index (χ1n) is 5.79. The summed E-state index contributed by atoms with van der Waals surface area (Å²) in [6.07, 6.45) is 4.30. The molecule has 0 aromatic heterocycles. The van der Waals surface area contributed by atoms with E-state index in [1.165, 1.54) is 45.4 Å². The highest BCUT2D eigenvalue weighted by Gasteiger charge is 2.32. The van der Waals surface area contributed by atoms with Gasteiger partial charge in [0.2, 0.25) is 0 Å². The monoisotopic (exact) mass is 182 g/mol. The minimum atomic E-state index is 0.791. The Kier molecular flexibility index (Phi) is 2.89. The predicted molar refractivity (Wildman–Crippen MR) is 55.9 cm³/mol. The molecule has 0 aromatic carbocycles. The Morgan fingerprint density at radius 3 is 2.85 bits per heavy atom. The highest BCUT2D eigenvalue weighted by molar-refractivity contribution is 4.89. The number of piperazine rings is 1. The summed E-state index contributed by atoms with van der Waals surface area (Å²) in [5.41, 5.74) is 0. The van der Waals surface area contributed by atoms with Gasteiger partial charge >= 0.3 is 0 Å². The summed E-state index contributed by atoms with van der Waals surface area (Å²) >= 11 is 0. The molecule has 2 rings (SSSR count). The Balaban J connectivity index is 1.99. The second kappa shape index (κ2) is 3.97. The molecule has 76 valence electrons. The van der Waals surface area contributed by atoms with E-state index in [1.54, 1.807) is 0 Å². The van der Waals surface area contributed by atoms with Crippen LogP contribution in [0.2, 0.25) is 0 Å². The third-order valence-electron chi connectivity index (χ3n) is 3.68. The Bertz CT molecular complexity index is 169. The lowest BCUT2D eigenvalue weighted by molar-refractivity contribution is 0.0114. The van der Waals surface area contributed by atoms with Gasteiger partial charge in [0.1, 0.15) is 0 Å². The summed E-state index contributed by atoms with van der Waals surface area (Å²) in [6.45, 7) is 9.86. The van der Waals surface area contributed by atoms with E-state index in [0.717, 1.165) is 12.1 Å². The van der Waals surface area contributed by atoms with Gasteiger partial charge in [-0.1, -0.05) is 13.3 Å². The molecule has 2 nitrogen and oxygen atoms in total. The number of fused-ring (bicyclic) bond motifs is 1. The summed E-state index contributed by atoms with van der Waals surface area (Å²) in [7, 11) is 0. The van der Waals surface area contributed by atoms with Gasteiger partial charge in [-0.15, -0.1) is 0 Å². The molecule has 2 fully saturated rings. The van der Waals surface area contributed by atoms with Crippen molar-refractivity contribution in [3.8, 4) is 0 Å². The van der Waals surface area contributed by atoms with Gasteiger partial charge in [-0.2, -0.15) is 0 Å². The van der Waals surface area contributed by atoms with E-state index in [2.05, 4.69) is 23.6 Å². The van der Waals surface area contributed by atoms with Gasteiger partial charge in [-0.25, -0.2) is 0 Å². The van der Waals surface area contributed by atoms with E-state index in [0.29, 0.717) is 0 Å². The third kappa shape index (κ3) is 1.89. The van der Waals surface area contributed by atoms with Crippen molar-refractivity contribution in [3.63, 3.8) is 0 Å². The maximum atomic E-state index is 2.73. The van der Waals surface area contributed by atoms with Gasteiger partial charge < -0.3 is 4.90 Å². The van der Waals surface area contributed by atoms with Crippen LogP contribution >= 0.6 is 0 Å². The van der Waals surface area contributed by atoms with Crippen molar-refractivity contribution >= 4 is 0 Å². The van der Waals surface area contributed by atoms with Crippen LogP contribution in [0.1, 0.15) is 33.1 Å². The average molecular weight is 182 g/mol. The van der Waals surface area contributed by atoms with Gasteiger partial charge in [-0.05, 0) is 32.9 Å². The lowest BCUT2D eigenvalue weighted by atomic mass is 9.96. The van der Waals surface area contributed by atoms with E-state index >= 15 is 0 Å². The van der Waals surface area contributed by atoms with E-state index in [-0.39, 0.29) is 0 Å². The Labute approximate surface area is 81.9 Å². The fraction of sp³-hybridized carbons (Fsp3) is 1.00. The molecular formula is C11H22N2. The summed E-state index contributed by atoms with van der Waals surface area (Å²) in [6, 6.07) is 1.66. The van der Waals surface area contributed by atoms with Crippen LogP contribution in [0.15, 0.2) is 0 Å². The number of hydrogen-bond donors (Lipinski definition) is 0. The lowest BCUT2D eigenvalue weighted by Gasteiger charge is -2.47. The van der Waals surface area contributed by atoms with Crippen molar-refractivity contribution in [3.05, 3.63) is 0 Å². The molecule has 2 saturated heterocycles. The smallest absolute Gasteiger partial charge is 0.0226 e. The molecule has 0 aliphatic carbocycles. The van der Waals surface area contributed by atoms with Crippen molar-refractivity contribution in [2.45, 2.75) is 45.2 Å². The number of hydrogen-bond acceptors (Lipinski definition) is 2. The quantitative estimate of drug-likeness (QED) is 0.607. The van der Waals surface area contributed by atoms with Gasteiger partial charge in [0.25, 0.3) is 0 Å². The first-order valence-corrected chi connectivity index (χ1v) is 5.79. The first kappa shape index (κ1) is 9.47. The van der Waals surface area contributed by atoms with E-state index in [4.69, 9.17) is 0 Å². The van der Waals surface area contributed by atoms with Gasteiger partial charge in [0.05, 0.1) is 0 Å². The number of rotatable bonds is 1. The molecule has 0 bridgehead atoms. The minimum Gasteiger partial charge on any atom is -0.301 e. The van der Waals surface area contributed by atoms with E-state index in [9.17, 15) is 0 Å². The average Bonchev–Trinajstić information content (AvgIpc) is 2.18. The van der Waals surface area contributed by atoms with Crippen LogP contribution < -0.4 is 0 Å². The maximum absolute atomic E-state index is 2.73. The molecule has 0 spiro atoms. The zero-order valence-electron chi connectivity index (χ0n) is 9.00. The molecular weight excluding hydrogens is 160 g/mol. The molecule has 0 radical (unpaired) electrons. The topological polar surface area (TPSA) is 6.48 Å². The molecule has 0 N–H and O–H groups in total. The molecule has 2 heterocycles. The van der Waals surface area contributed by atoms with Crippen LogP contribution in [0.3, 0.4) is 0 Å². The predicted octanol–water partition coefficient (Wildman–Crippen LogP) is 1.56. The summed E-state index contributed by atoms with van der Waals surface area (Å²) < 4.78 is 0. The molecule has 0 saturated carbocycles. The lowest BCUT2D eigenvalue weighted by Crippen LogP contribution is -2.58. The normalized spacial score (nSPS) is 37.4. The van der Waals surface area contributed by atoms with E-state index < -0.39 is 0 Å². The van der Waals surface area contributed by atoms with Crippen LogP contribution in [0.5, 0.6) is 0 Å². The molecule has 13 heavy (non-hydrogen) atoms. The summed E-state index contributed by atoms with van der Waals surface area (Å²) in [5.74, 6) is 0. The zero-order chi connectivity index (χ0) is 9.26. The zero-order valence-corrected chi connectivity index (χ0v) is 9.00. The molecule has 2 aliphatic heterocycles. The van der Waals surface area contributed by atoms with Crippen LogP contribution in [0.4, 0.5) is 0 Å². The minimum absolute atomic E-state index is 0.791. The fourth-order valence-corrected chi connectivity index (χ4v) is 2.91. The number of likely N-dealkylation sites (N-methyl/N-ethyl adjacent to an activating group) is 1. The highest BCUT2D eigenvalue weighted by atomic mass is 15.3. The van der Waals surface area contributed by atoms with Crippen LogP contribution in [-0.2, 0) is 0 Å². The van der Waals surface area contributed by atoms with Crippen LogP contribution in [-0.4, -0.2) is 48.1 Å². The fourth-order valence-electron chi connectivity index (χ4n) is 2.91. The molecule has 2 aliphatic rings. The van der Waals surface area contributed by atoms with Crippen molar-refractivity contribution in [1.29, 1.82) is 0 Å². The molecule has 0 amide bonds. The maximum Gasteiger partial charge on any atom is 0.0226 e. The Morgan fingerprint density at radius 1 is 1.23 bits per heavy atom. The molecule has 0 aromatic rings. The number of piperidine rings is 1. The largest absolute Gasteiger partial charge is 0.301 e. The Hall–Kier alpha value is -0.0800.